The standard InChI is InChI=1S/C21H25N3O6S/c1-14-5-8-18(29-14)15(2)22-20(25)9-12-24-17-7-6-16(13-19(17)30-21(24)26)31(27,28)23-10-3-4-11-23/h5-8,13,15H,3-4,9-12H2,1-2H3,(H,22,25). The molecule has 3 heterocycles. The van der Waals surface area contributed by atoms with Crippen LogP contribution in [0.4, 0.5) is 0 Å². The Morgan fingerprint density at radius 2 is 1.90 bits per heavy atom. The first-order chi connectivity index (χ1) is 14.8. The summed E-state index contributed by atoms with van der Waals surface area (Å²) in [5.74, 6) is 0.548. The smallest absolute Gasteiger partial charge is 0.419 e. The minimum absolute atomic E-state index is 0.0619. The third-order valence-electron chi connectivity index (χ3n) is 5.47. The van der Waals surface area contributed by atoms with Gasteiger partial charge in [0.2, 0.25) is 15.9 Å². The number of fused-ring (bicyclic) bond motifs is 1. The van der Waals surface area contributed by atoms with E-state index in [2.05, 4.69) is 5.32 Å². The molecule has 2 aromatic heterocycles. The van der Waals surface area contributed by atoms with Gasteiger partial charge in [-0.25, -0.2) is 13.2 Å². The number of rotatable bonds is 7. The molecule has 1 aliphatic rings. The van der Waals surface area contributed by atoms with Crippen LogP contribution >= 0.6 is 0 Å². The SMILES string of the molecule is Cc1ccc(C(C)NC(=O)CCn2c(=O)oc3cc(S(=O)(=O)N4CCCC4)ccc32)o1. The Balaban J connectivity index is 1.47. The normalized spacial score (nSPS) is 16.1. The number of benzene rings is 1. The molecular weight excluding hydrogens is 422 g/mol. The van der Waals surface area contributed by atoms with Crippen molar-refractivity contribution in [1.82, 2.24) is 14.2 Å². The molecule has 31 heavy (non-hydrogen) atoms. The summed E-state index contributed by atoms with van der Waals surface area (Å²) in [6, 6.07) is 7.74. The molecule has 0 bridgehead atoms. The van der Waals surface area contributed by atoms with Crippen LogP contribution in [0.2, 0.25) is 0 Å². The van der Waals surface area contributed by atoms with E-state index >= 15 is 0 Å². The number of furan rings is 1. The van der Waals surface area contributed by atoms with Crippen LogP contribution in [0.1, 0.15) is 43.7 Å². The molecule has 1 atom stereocenters. The second kappa shape index (κ2) is 8.35. The highest BCUT2D eigenvalue weighted by Crippen LogP contribution is 2.24. The van der Waals surface area contributed by atoms with E-state index in [1.165, 1.54) is 21.0 Å². The molecule has 1 N–H and O–H groups in total. The molecule has 3 aromatic rings. The lowest BCUT2D eigenvalue weighted by Gasteiger charge is -2.15. The maximum Gasteiger partial charge on any atom is 0.419 e. The van der Waals surface area contributed by atoms with Crippen molar-refractivity contribution in [1.29, 1.82) is 0 Å². The first-order valence-electron chi connectivity index (χ1n) is 10.2. The van der Waals surface area contributed by atoms with E-state index < -0.39 is 15.8 Å². The zero-order valence-corrected chi connectivity index (χ0v) is 18.3. The molecule has 1 aromatic carbocycles. The van der Waals surface area contributed by atoms with Gasteiger partial charge in [0.15, 0.2) is 5.58 Å². The zero-order chi connectivity index (χ0) is 22.2. The van der Waals surface area contributed by atoms with Gasteiger partial charge in [-0.15, -0.1) is 0 Å². The van der Waals surface area contributed by atoms with Gasteiger partial charge in [-0.05, 0) is 51.0 Å². The lowest BCUT2D eigenvalue weighted by molar-refractivity contribution is -0.122. The fourth-order valence-electron chi connectivity index (χ4n) is 3.78. The van der Waals surface area contributed by atoms with Crippen LogP contribution in [-0.4, -0.2) is 36.3 Å². The lowest BCUT2D eigenvalue weighted by Crippen LogP contribution is -2.28. The van der Waals surface area contributed by atoms with Gasteiger partial charge in [0.1, 0.15) is 11.5 Å². The molecule has 4 rings (SSSR count). The van der Waals surface area contributed by atoms with E-state index in [1.54, 1.807) is 6.07 Å². The second-order valence-electron chi connectivity index (χ2n) is 7.75. The number of oxazole rings is 1. The van der Waals surface area contributed by atoms with Crippen LogP contribution in [-0.2, 0) is 21.4 Å². The summed E-state index contributed by atoms with van der Waals surface area (Å²) in [6.07, 6.45) is 1.74. The Morgan fingerprint density at radius 3 is 2.58 bits per heavy atom. The molecule has 10 heteroatoms. The molecule has 0 aliphatic carbocycles. The molecule has 1 saturated heterocycles. The Morgan fingerprint density at radius 1 is 1.16 bits per heavy atom. The number of aryl methyl sites for hydroxylation is 2. The van der Waals surface area contributed by atoms with Crippen molar-refractivity contribution < 1.29 is 22.0 Å². The van der Waals surface area contributed by atoms with Gasteiger partial charge in [-0.1, -0.05) is 0 Å². The lowest BCUT2D eigenvalue weighted by atomic mass is 10.2. The number of aromatic nitrogens is 1. The summed E-state index contributed by atoms with van der Waals surface area (Å²) in [7, 11) is -3.61. The summed E-state index contributed by atoms with van der Waals surface area (Å²) in [4.78, 5) is 24.7. The van der Waals surface area contributed by atoms with Crippen LogP contribution < -0.4 is 11.1 Å². The molecule has 0 spiro atoms. The number of nitrogens with one attached hydrogen (secondary N) is 1. The molecule has 1 fully saturated rings. The van der Waals surface area contributed by atoms with Crippen molar-refractivity contribution in [3.63, 3.8) is 0 Å². The zero-order valence-electron chi connectivity index (χ0n) is 17.5. The van der Waals surface area contributed by atoms with E-state index in [4.69, 9.17) is 8.83 Å². The number of carbonyl (C=O) groups excluding carboxylic acids is 1. The number of sulfonamides is 1. The average Bonchev–Trinajstić information content (AvgIpc) is 3.46. The highest BCUT2D eigenvalue weighted by molar-refractivity contribution is 7.89. The maximum absolute atomic E-state index is 12.7. The fourth-order valence-corrected chi connectivity index (χ4v) is 5.31. The molecule has 0 radical (unpaired) electrons. The fraction of sp³-hybridized carbons (Fsp3) is 0.429. The molecule has 166 valence electrons. The van der Waals surface area contributed by atoms with Crippen LogP contribution in [0.15, 0.2) is 48.9 Å². The molecule has 0 saturated carbocycles. The van der Waals surface area contributed by atoms with Crippen molar-refractivity contribution in [3.05, 3.63) is 52.4 Å². The van der Waals surface area contributed by atoms with Crippen LogP contribution in [0.3, 0.4) is 0 Å². The molecule has 1 aliphatic heterocycles. The van der Waals surface area contributed by atoms with Gasteiger partial charge < -0.3 is 14.2 Å². The van der Waals surface area contributed by atoms with Gasteiger partial charge in [0, 0.05) is 32.1 Å². The first-order valence-corrected chi connectivity index (χ1v) is 11.7. The van der Waals surface area contributed by atoms with Crippen molar-refractivity contribution in [2.75, 3.05) is 13.1 Å². The van der Waals surface area contributed by atoms with Gasteiger partial charge in [0.25, 0.3) is 0 Å². The highest BCUT2D eigenvalue weighted by atomic mass is 32.2. The van der Waals surface area contributed by atoms with Crippen molar-refractivity contribution >= 4 is 27.0 Å². The Kier molecular flexibility index (Phi) is 5.76. The summed E-state index contributed by atoms with van der Waals surface area (Å²) >= 11 is 0. The topological polar surface area (TPSA) is 115 Å². The third-order valence-corrected chi connectivity index (χ3v) is 7.37. The number of hydrogen-bond donors (Lipinski definition) is 1. The number of amides is 1. The highest BCUT2D eigenvalue weighted by Gasteiger charge is 2.28. The molecule has 1 amide bonds. The number of carbonyl (C=O) groups is 1. The average molecular weight is 448 g/mol. The third kappa shape index (κ3) is 4.31. The van der Waals surface area contributed by atoms with Crippen molar-refractivity contribution in [3.8, 4) is 0 Å². The van der Waals surface area contributed by atoms with Gasteiger partial charge in [-0.2, -0.15) is 4.31 Å². The quantitative estimate of drug-likeness (QED) is 0.595. The summed E-state index contributed by atoms with van der Waals surface area (Å²) in [5, 5.41) is 2.84. The van der Waals surface area contributed by atoms with Crippen LogP contribution in [0.5, 0.6) is 0 Å². The molecule has 9 nitrogen and oxygen atoms in total. The van der Waals surface area contributed by atoms with Crippen molar-refractivity contribution in [2.24, 2.45) is 0 Å². The van der Waals surface area contributed by atoms with Gasteiger partial charge in [-0.3, -0.25) is 9.36 Å². The minimum atomic E-state index is -3.61. The summed E-state index contributed by atoms with van der Waals surface area (Å²) < 4.78 is 39.0. The van der Waals surface area contributed by atoms with E-state index in [9.17, 15) is 18.0 Å². The van der Waals surface area contributed by atoms with Crippen LogP contribution in [0.25, 0.3) is 11.1 Å². The van der Waals surface area contributed by atoms with E-state index in [0.717, 1.165) is 18.6 Å². The Hall–Kier alpha value is -2.85. The van der Waals surface area contributed by atoms with E-state index in [-0.39, 0.29) is 35.4 Å². The van der Waals surface area contributed by atoms with E-state index in [0.29, 0.717) is 24.4 Å². The van der Waals surface area contributed by atoms with E-state index in [1.807, 2.05) is 26.0 Å². The molecular formula is C21H25N3O6S. The van der Waals surface area contributed by atoms with Crippen molar-refractivity contribution in [2.45, 2.75) is 50.6 Å². The summed E-state index contributed by atoms with van der Waals surface area (Å²) in [5.41, 5.74) is 0.637. The minimum Gasteiger partial charge on any atom is -0.464 e. The monoisotopic (exact) mass is 447 g/mol. The number of hydrogen-bond acceptors (Lipinski definition) is 6. The van der Waals surface area contributed by atoms with Crippen LogP contribution in [0, 0.1) is 6.92 Å². The second-order valence-corrected chi connectivity index (χ2v) is 9.69. The predicted molar refractivity (Wildman–Crippen MR) is 113 cm³/mol. The largest absolute Gasteiger partial charge is 0.464 e. The maximum atomic E-state index is 12.7. The van der Waals surface area contributed by atoms with Gasteiger partial charge >= 0.3 is 5.76 Å². The van der Waals surface area contributed by atoms with Gasteiger partial charge in [0.05, 0.1) is 16.5 Å². The molecule has 1 unspecified atom stereocenters. The summed E-state index contributed by atoms with van der Waals surface area (Å²) in [6.45, 7) is 4.75. The predicted octanol–water partition coefficient (Wildman–Crippen LogP) is 2.55. The first kappa shape index (κ1) is 21.4. The Bertz CT molecular complexity index is 1260. The number of nitrogens with zero attached hydrogens (tertiary/aromatic N) is 2. The Labute approximate surface area is 179 Å².